The first kappa shape index (κ1) is 18.3. The molecular weight excluding hydrogens is 377 g/mol. The summed E-state index contributed by atoms with van der Waals surface area (Å²) in [4.78, 5) is 23.2. The molecular formula is C21H18FN3O2S. The highest BCUT2D eigenvalue weighted by Crippen LogP contribution is 2.29. The number of thiazole rings is 1. The number of anilines is 1. The van der Waals surface area contributed by atoms with Crippen LogP contribution in [-0.2, 0) is 16.1 Å². The summed E-state index contributed by atoms with van der Waals surface area (Å²) in [5, 5.41) is 7.18. The molecule has 0 fully saturated rings. The van der Waals surface area contributed by atoms with Crippen molar-refractivity contribution in [3.8, 4) is 0 Å². The lowest BCUT2D eigenvalue weighted by Crippen LogP contribution is -2.21. The van der Waals surface area contributed by atoms with Crippen molar-refractivity contribution in [2.24, 2.45) is 5.16 Å². The second-order valence-electron chi connectivity index (χ2n) is 6.50. The molecule has 1 atom stereocenters. The Morgan fingerprint density at radius 2 is 1.96 bits per heavy atom. The summed E-state index contributed by atoms with van der Waals surface area (Å²) in [6.45, 7) is 1.85. The van der Waals surface area contributed by atoms with Crippen LogP contribution in [-0.4, -0.2) is 16.6 Å². The molecule has 0 aliphatic carbocycles. The average molecular weight is 395 g/mol. The average Bonchev–Trinajstić information content (AvgIpc) is 3.32. The van der Waals surface area contributed by atoms with Gasteiger partial charge in [-0.1, -0.05) is 53.7 Å². The topological polar surface area (TPSA) is 63.6 Å². The molecule has 3 aromatic rings. The van der Waals surface area contributed by atoms with Gasteiger partial charge in [-0.05, 0) is 24.1 Å². The Labute approximate surface area is 165 Å². The summed E-state index contributed by atoms with van der Waals surface area (Å²) in [6, 6.07) is 16.3. The van der Waals surface area contributed by atoms with Crippen molar-refractivity contribution in [3.63, 3.8) is 0 Å². The van der Waals surface area contributed by atoms with E-state index in [2.05, 4.69) is 15.5 Å². The van der Waals surface area contributed by atoms with E-state index in [0.717, 1.165) is 16.1 Å². The minimum atomic E-state index is -0.329. The van der Waals surface area contributed by atoms with Crippen LogP contribution in [0.1, 0.15) is 34.2 Å². The number of benzene rings is 2. The van der Waals surface area contributed by atoms with Crippen LogP contribution in [0.2, 0.25) is 0 Å². The summed E-state index contributed by atoms with van der Waals surface area (Å²) < 4.78 is 13.9. The molecule has 0 saturated carbocycles. The van der Waals surface area contributed by atoms with E-state index in [1.807, 2.05) is 37.3 Å². The molecule has 4 rings (SSSR count). The van der Waals surface area contributed by atoms with Crippen molar-refractivity contribution in [2.45, 2.75) is 25.9 Å². The van der Waals surface area contributed by atoms with Crippen LogP contribution < -0.4 is 5.32 Å². The van der Waals surface area contributed by atoms with Crippen LogP contribution in [0, 0.1) is 12.7 Å². The van der Waals surface area contributed by atoms with Crippen molar-refractivity contribution < 1.29 is 14.0 Å². The van der Waals surface area contributed by atoms with Crippen molar-refractivity contribution >= 4 is 28.1 Å². The Morgan fingerprint density at radius 3 is 2.75 bits per heavy atom. The molecule has 1 unspecified atom stereocenters. The number of nitrogens with zero attached hydrogens (tertiary/aromatic N) is 2. The molecule has 5 nitrogen and oxygen atoms in total. The minimum Gasteiger partial charge on any atom is -0.387 e. The van der Waals surface area contributed by atoms with Gasteiger partial charge in [0.05, 0.1) is 5.69 Å². The van der Waals surface area contributed by atoms with Gasteiger partial charge in [-0.3, -0.25) is 10.1 Å². The molecule has 1 aliphatic rings. The number of nitrogens with one attached hydrogen (secondary N) is 1. The largest absolute Gasteiger partial charge is 0.387 e. The first-order chi connectivity index (χ1) is 13.6. The van der Waals surface area contributed by atoms with Crippen LogP contribution in [0.25, 0.3) is 0 Å². The molecule has 1 N–H and O–H groups in total. The van der Waals surface area contributed by atoms with E-state index in [1.54, 1.807) is 18.2 Å². The van der Waals surface area contributed by atoms with Gasteiger partial charge in [0.25, 0.3) is 5.91 Å². The number of aromatic nitrogens is 1. The van der Waals surface area contributed by atoms with Crippen LogP contribution in [0.3, 0.4) is 0 Å². The van der Waals surface area contributed by atoms with Gasteiger partial charge in [-0.25, -0.2) is 9.37 Å². The van der Waals surface area contributed by atoms with Gasteiger partial charge >= 0.3 is 0 Å². The molecule has 1 amide bonds. The Bertz CT molecular complexity index is 1030. The van der Waals surface area contributed by atoms with E-state index in [-0.39, 0.29) is 17.8 Å². The third-order valence-electron chi connectivity index (χ3n) is 4.52. The van der Waals surface area contributed by atoms with E-state index < -0.39 is 0 Å². The normalized spacial score (nSPS) is 15.8. The predicted molar refractivity (Wildman–Crippen MR) is 107 cm³/mol. The molecule has 142 valence electrons. The van der Waals surface area contributed by atoms with Gasteiger partial charge in [0, 0.05) is 17.7 Å². The Hall–Kier alpha value is -3.06. The number of carbonyl (C=O) groups excluding carboxylic acids is 1. The van der Waals surface area contributed by atoms with Gasteiger partial charge in [-0.2, -0.15) is 0 Å². The monoisotopic (exact) mass is 395 g/mol. The molecule has 1 aliphatic heterocycles. The molecule has 2 aromatic carbocycles. The smallest absolute Gasteiger partial charge is 0.275 e. The maximum Gasteiger partial charge on any atom is 0.275 e. The number of carbonyl (C=O) groups is 1. The summed E-state index contributed by atoms with van der Waals surface area (Å²) in [6.07, 6.45) is 0.589. The zero-order valence-corrected chi connectivity index (χ0v) is 16.0. The highest BCUT2D eigenvalue weighted by atomic mass is 32.1. The van der Waals surface area contributed by atoms with E-state index >= 15 is 0 Å². The molecule has 0 saturated heterocycles. The molecule has 1 aromatic heterocycles. The number of halogens is 1. The number of amides is 1. The number of hydrogen-bond donors (Lipinski definition) is 1. The van der Waals surface area contributed by atoms with Crippen LogP contribution in [0.15, 0.2) is 59.8 Å². The Kier molecular flexibility index (Phi) is 5.16. The summed E-state index contributed by atoms with van der Waals surface area (Å²) in [5.41, 5.74) is 2.69. The molecule has 0 radical (unpaired) electrons. The highest BCUT2D eigenvalue weighted by molar-refractivity contribution is 7.16. The zero-order chi connectivity index (χ0) is 19.5. The third kappa shape index (κ3) is 3.94. The molecule has 0 spiro atoms. The highest BCUT2D eigenvalue weighted by Gasteiger charge is 2.28. The second-order valence-corrected chi connectivity index (χ2v) is 7.58. The fourth-order valence-corrected chi connectivity index (χ4v) is 3.97. The lowest BCUT2D eigenvalue weighted by Gasteiger charge is -2.07. The first-order valence-corrected chi connectivity index (χ1v) is 9.70. The van der Waals surface area contributed by atoms with Gasteiger partial charge in [-0.15, -0.1) is 11.3 Å². The van der Waals surface area contributed by atoms with Crippen LogP contribution in [0.5, 0.6) is 0 Å². The summed E-state index contributed by atoms with van der Waals surface area (Å²) >= 11 is 1.34. The summed E-state index contributed by atoms with van der Waals surface area (Å²) in [5.74, 6) is -0.574. The summed E-state index contributed by atoms with van der Waals surface area (Å²) in [7, 11) is 0. The quantitative estimate of drug-likeness (QED) is 0.685. The third-order valence-corrected chi connectivity index (χ3v) is 5.60. The first-order valence-electron chi connectivity index (χ1n) is 8.89. The fourth-order valence-electron chi connectivity index (χ4n) is 2.99. The lowest BCUT2D eigenvalue weighted by atomic mass is 10.0. The van der Waals surface area contributed by atoms with Crippen LogP contribution in [0.4, 0.5) is 9.52 Å². The standard InChI is InChI=1S/C21H18FN3O2S/c1-13-19(11-15-9-5-6-10-16(15)22)28-21(23-13)24-20(26)17-12-18(27-25-17)14-7-3-2-4-8-14/h2-10,18H,11-12H2,1H3,(H,23,24,26). The molecule has 2 heterocycles. The Balaban J connectivity index is 1.41. The van der Waals surface area contributed by atoms with Crippen molar-refractivity contribution in [1.82, 2.24) is 4.98 Å². The maximum absolute atomic E-state index is 13.9. The van der Waals surface area contributed by atoms with Gasteiger partial charge in [0.2, 0.25) is 0 Å². The number of hydrogen-bond acceptors (Lipinski definition) is 5. The van der Waals surface area contributed by atoms with Crippen molar-refractivity contribution in [3.05, 3.63) is 82.1 Å². The molecule has 0 bridgehead atoms. The SMILES string of the molecule is Cc1nc(NC(=O)C2=NOC(c3ccccc3)C2)sc1Cc1ccccc1F. The Morgan fingerprint density at radius 1 is 1.21 bits per heavy atom. The van der Waals surface area contributed by atoms with Gasteiger partial charge in [0.1, 0.15) is 11.5 Å². The maximum atomic E-state index is 13.9. The van der Waals surface area contributed by atoms with E-state index in [9.17, 15) is 9.18 Å². The second kappa shape index (κ2) is 7.90. The molecule has 7 heteroatoms. The van der Waals surface area contributed by atoms with Gasteiger partial charge < -0.3 is 4.84 Å². The van der Waals surface area contributed by atoms with Crippen molar-refractivity contribution in [1.29, 1.82) is 0 Å². The lowest BCUT2D eigenvalue weighted by molar-refractivity contribution is -0.110. The predicted octanol–water partition coefficient (Wildman–Crippen LogP) is 4.64. The zero-order valence-electron chi connectivity index (χ0n) is 15.2. The number of rotatable bonds is 5. The van der Waals surface area contributed by atoms with Crippen LogP contribution >= 0.6 is 11.3 Å². The van der Waals surface area contributed by atoms with E-state index in [1.165, 1.54) is 17.4 Å². The number of aryl methyl sites for hydroxylation is 1. The minimum absolute atomic E-state index is 0.245. The number of oxime groups is 1. The van der Waals surface area contributed by atoms with Crippen molar-refractivity contribution in [2.75, 3.05) is 5.32 Å². The van der Waals surface area contributed by atoms with Gasteiger partial charge in [0.15, 0.2) is 11.2 Å². The van der Waals surface area contributed by atoms with E-state index in [4.69, 9.17) is 4.84 Å². The van der Waals surface area contributed by atoms with E-state index in [0.29, 0.717) is 29.2 Å². The molecule has 28 heavy (non-hydrogen) atoms. The fraction of sp³-hybridized carbons (Fsp3) is 0.190.